The first-order valence-corrected chi connectivity index (χ1v) is 13.1. The van der Waals surface area contributed by atoms with Crippen LogP contribution in [0.3, 0.4) is 0 Å². The van der Waals surface area contributed by atoms with Gasteiger partial charge in [0.05, 0.1) is 13.2 Å². The minimum atomic E-state index is -0.989. The molecule has 0 aliphatic carbocycles. The second-order valence-corrected chi connectivity index (χ2v) is 9.09. The molecule has 31 heavy (non-hydrogen) atoms. The van der Waals surface area contributed by atoms with Crippen molar-refractivity contribution in [3.63, 3.8) is 0 Å². The van der Waals surface area contributed by atoms with Crippen molar-refractivity contribution in [3.05, 3.63) is 12.2 Å². The van der Waals surface area contributed by atoms with Gasteiger partial charge < -0.3 is 24.8 Å². The summed E-state index contributed by atoms with van der Waals surface area (Å²) in [6.45, 7) is 2.66. The van der Waals surface area contributed by atoms with Gasteiger partial charge in [-0.05, 0) is 25.7 Å². The largest absolute Gasteiger partial charge is 0.394 e. The second kappa shape index (κ2) is 20.2. The first-order chi connectivity index (χ1) is 15.2. The lowest BCUT2D eigenvalue weighted by atomic mass is 10.0. The minimum absolute atomic E-state index is 0.0909. The first kappa shape index (κ1) is 28.6. The molecule has 0 amide bonds. The van der Waals surface area contributed by atoms with E-state index in [-0.39, 0.29) is 13.2 Å². The summed E-state index contributed by atoms with van der Waals surface area (Å²) in [6, 6.07) is 0. The van der Waals surface area contributed by atoms with Crippen LogP contribution in [0.1, 0.15) is 110 Å². The molecule has 1 heterocycles. The van der Waals surface area contributed by atoms with Gasteiger partial charge in [0, 0.05) is 6.61 Å². The Bertz CT molecular complexity index is 415. The van der Waals surface area contributed by atoms with Gasteiger partial charge in [0.1, 0.15) is 24.4 Å². The van der Waals surface area contributed by atoms with Crippen molar-refractivity contribution in [1.82, 2.24) is 0 Å². The summed E-state index contributed by atoms with van der Waals surface area (Å²) in [6.07, 6.45) is 22.4. The monoisotopic (exact) mass is 442 g/mol. The summed E-state index contributed by atoms with van der Waals surface area (Å²) < 4.78 is 11.0. The van der Waals surface area contributed by atoms with Gasteiger partial charge in [-0.25, -0.2) is 0 Å². The third-order valence-electron chi connectivity index (χ3n) is 6.22. The molecule has 0 spiro atoms. The van der Waals surface area contributed by atoms with Crippen molar-refractivity contribution in [2.24, 2.45) is 0 Å². The zero-order chi connectivity index (χ0) is 22.6. The molecule has 3 N–H and O–H groups in total. The first-order valence-electron chi connectivity index (χ1n) is 13.1. The van der Waals surface area contributed by atoms with Crippen LogP contribution in [0.4, 0.5) is 0 Å². The van der Waals surface area contributed by atoms with E-state index in [9.17, 15) is 15.3 Å². The number of unbranched alkanes of at least 4 members (excludes halogenated alkanes) is 14. The van der Waals surface area contributed by atoms with Gasteiger partial charge in [0.25, 0.3) is 0 Å². The topological polar surface area (TPSA) is 79.2 Å². The van der Waals surface area contributed by atoms with Crippen molar-refractivity contribution in [1.29, 1.82) is 0 Å². The molecule has 0 aromatic rings. The number of allylic oxidation sites excluding steroid dienone is 2. The highest BCUT2D eigenvalue weighted by molar-refractivity contribution is 4.88. The molecule has 0 aromatic heterocycles. The van der Waals surface area contributed by atoms with E-state index in [0.29, 0.717) is 6.61 Å². The van der Waals surface area contributed by atoms with Gasteiger partial charge in [-0.2, -0.15) is 0 Å². The fourth-order valence-corrected chi connectivity index (χ4v) is 4.16. The maximum absolute atomic E-state index is 9.84. The third kappa shape index (κ3) is 14.3. The fourth-order valence-electron chi connectivity index (χ4n) is 4.16. The molecule has 0 bridgehead atoms. The smallest absolute Gasteiger partial charge is 0.114 e. The van der Waals surface area contributed by atoms with Gasteiger partial charge in [-0.1, -0.05) is 96.1 Å². The summed E-state index contributed by atoms with van der Waals surface area (Å²) in [5, 5.41) is 28.8. The maximum atomic E-state index is 9.84. The van der Waals surface area contributed by atoms with Gasteiger partial charge in [-0.3, -0.25) is 0 Å². The fraction of sp³-hybridized carbons (Fsp3) is 0.923. The number of rotatable bonds is 21. The minimum Gasteiger partial charge on any atom is -0.394 e. The zero-order valence-corrected chi connectivity index (χ0v) is 20.1. The SMILES string of the molecule is CCCCCCCCCCCCCCC/C=C/CCCO[C@@H](CO)[C@H]1OC[C@@H](O)[C@H]1O. The van der Waals surface area contributed by atoms with Crippen molar-refractivity contribution >= 4 is 0 Å². The summed E-state index contributed by atoms with van der Waals surface area (Å²) in [4.78, 5) is 0. The lowest BCUT2D eigenvalue weighted by molar-refractivity contribution is -0.101. The molecule has 0 radical (unpaired) electrons. The summed E-state index contributed by atoms with van der Waals surface area (Å²) in [5.74, 6) is 0. The summed E-state index contributed by atoms with van der Waals surface area (Å²) in [7, 11) is 0. The Labute approximate surface area is 191 Å². The van der Waals surface area contributed by atoms with Crippen LogP contribution in [0.15, 0.2) is 12.2 Å². The standard InChI is InChI=1S/C26H50O5/c1-2-3-4-5-6-7-8-9-10-11-12-13-14-15-16-17-18-19-20-30-24(21-27)26-25(29)23(28)22-31-26/h16-17,23-29H,2-15,18-22H2,1H3/b17-16+/t23-,24+,25-,26-/m1/s1. The van der Waals surface area contributed by atoms with Crippen molar-refractivity contribution in [2.45, 2.75) is 134 Å². The molecular weight excluding hydrogens is 392 g/mol. The number of aliphatic hydroxyl groups is 3. The number of hydrogen-bond donors (Lipinski definition) is 3. The Kier molecular flexibility index (Phi) is 18.6. The van der Waals surface area contributed by atoms with Crippen LogP contribution in [-0.4, -0.2) is 59.6 Å². The Morgan fingerprint density at radius 3 is 1.81 bits per heavy atom. The normalized spacial score (nSPS) is 22.5. The number of aliphatic hydroxyl groups excluding tert-OH is 3. The predicted octanol–water partition coefficient (Wildman–Crippen LogP) is 5.30. The second-order valence-electron chi connectivity index (χ2n) is 9.09. The van der Waals surface area contributed by atoms with Crippen LogP contribution >= 0.6 is 0 Å². The molecule has 1 aliphatic rings. The maximum Gasteiger partial charge on any atom is 0.114 e. The van der Waals surface area contributed by atoms with Gasteiger partial charge in [0.15, 0.2) is 0 Å². The lowest BCUT2D eigenvalue weighted by Gasteiger charge is -2.24. The average molecular weight is 443 g/mol. The molecule has 1 saturated heterocycles. The third-order valence-corrected chi connectivity index (χ3v) is 6.22. The summed E-state index contributed by atoms with van der Waals surface area (Å²) in [5.41, 5.74) is 0. The molecule has 4 atom stereocenters. The van der Waals surface area contributed by atoms with Crippen molar-refractivity contribution in [3.8, 4) is 0 Å². The Morgan fingerprint density at radius 2 is 1.32 bits per heavy atom. The van der Waals surface area contributed by atoms with Crippen LogP contribution < -0.4 is 0 Å². The molecular formula is C26H50O5. The molecule has 0 aromatic carbocycles. The lowest BCUT2D eigenvalue weighted by Crippen LogP contribution is -2.42. The highest BCUT2D eigenvalue weighted by Gasteiger charge is 2.40. The molecule has 5 nitrogen and oxygen atoms in total. The van der Waals surface area contributed by atoms with E-state index < -0.39 is 24.4 Å². The Hall–Kier alpha value is -0.460. The van der Waals surface area contributed by atoms with Crippen LogP contribution in [0.2, 0.25) is 0 Å². The predicted molar refractivity (Wildman–Crippen MR) is 127 cm³/mol. The van der Waals surface area contributed by atoms with Gasteiger partial charge in [0.2, 0.25) is 0 Å². The zero-order valence-electron chi connectivity index (χ0n) is 20.1. The van der Waals surface area contributed by atoms with Crippen molar-refractivity contribution < 1.29 is 24.8 Å². The van der Waals surface area contributed by atoms with E-state index in [2.05, 4.69) is 19.1 Å². The van der Waals surface area contributed by atoms with Crippen LogP contribution in [-0.2, 0) is 9.47 Å². The molecule has 5 heteroatoms. The van der Waals surface area contributed by atoms with E-state index >= 15 is 0 Å². The van der Waals surface area contributed by atoms with Crippen LogP contribution in [0.5, 0.6) is 0 Å². The number of ether oxygens (including phenoxy) is 2. The Balaban J connectivity index is 1.83. The summed E-state index contributed by atoms with van der Waals surface area (Å²) >= 11 is 0. The highest BCUT2D eigenvalue weighted by Crippen LogP contribution is 2.19. The quantitative estimate of drug-likeness (QED) is 0.166. The van der Waals surface area contributed by atoms with E-state index in [0.717, 1.165) is 19.3 Å². The Morgan fingerprint density at radius 1 is 0.806 bits per heavy atom. The molecule has 1 rings (SSSR count). The van der Waals surface area contributed by atoms with Crippen LogP contribution in [0.25, 0.3) is 0 Å². The van der Waals surface area contributed by atoms with Crippen LogP contribution in [0, 0.1) is 0 Å². The molecule has 0 saturated carbocycles. The van der Waals surface area contributed by atoms with E-state index in [1.54, 1.807) is 0 Å². The molecule has 184 valence electrons. The average Bonchev–Trinajstić information content (AvgIpc) is 3.11. The van der Waals surface area contributed by atoms with E-state index in [1.807, 2.05) is 0 Å². The van der Waals surface area contributed by atoms with E-state index in [4.69, 9.17) is 9.47 Å². The van der Waals surface area contributed by atoms with Gasteiger partial charge >= 0.3 is 0 Å². The molecule has 0 unspecified atom stereocenters. The molecule has 1 aliphatic heterocycles. The van der Waals surface area contributed by atoms with Gasteiger partial charge in [-0.15, -0.1) is 0 Å². The molecule has 1 fully saturated rings. The van der Waals surface area contributed by atoms with Crippen molar-refractivity contribution in [2.75, 3.05) is 19.8 Å². The van der Waals surface area contributed by atoms with E-state index in [1.165, 1.54) is 83.5 Å². The highest BCUT2D eigenvalue weighted by atomic mass is 16.6. The number of hydrogen-bond acceptors (Lipinski definition) is 5.